The van der Waals surface area contributed by atoms with Crippen LogP contribution >= 0.6 is 0 Å². The molecule has 0 saturated heterocycles. The number of hydrogen-bond acceptors (Lipinski definition) is 0. The average molecular weight is 212 g/mol. The van der Waals surface area contributed by atoms with E-state index in [0.29, 0.717) is 0 Å². The Kier molecular flexibility index (Phi) is 4.78. The van der Waals surface area contributed by atoms with E-state index in [1.54, 1.807) is 0 Å². The lowest BCUT2D eigenvalue weighted by Crippen LogP contribution is -1.69. The molecule has 2 aliphatic rings. The topological polar surface area (TPSA) is 0 Å². The monoisotopic (exact) mass is 212 g/mol. The summed E-state index contributed by atoms with van der Waals surface area (Å²) < 4.78 is 0. The van der Waals surface area contributed by atoms with Gasteiger partial charge in [-0.05, 0) is 38.8 Å². The zero-order valence-electron chi connectivity index (χ0n) is 10.6. The molecule has 0 aliphatic heterocycles. The SMILES string of the molecule is CC(C)=C1C=CC=C1.CC(C)=C1C=CC=C1. The minimum Gasteiger partial charge on any atom is -0.0692 e. The maximum Gasteiger partial charge on any atom is -0.0270 e. The third kappa shape index (κ3) is 3.90. The summed E-state index contributed by atoms with van der Waals surface area (Å²) in [5, 5.41) is 0. The quantitative estimate of drug-likeness (QED) is 0.536. The van der Waals surface area contributed by atoms with Crippen molar-refractivity contribution < 1.29 is 0 Å². The van der Waals surface area contributed by atoms with Crippen LogP contribution in [0, 0.1) is 0 Å². The van der Waals surface area contributed by atoms with E-state index in [9.17, 15) is 0 Å². The second-order valence-corrected chi connectivity index (χ2v) is 4.35. The number of hydrogen-bond donors (Lipinski definition) is 0. The minimum atomic E-state index is 1.35. The summed E-state index contributed by atoms with van der Waals surface area (Å²) in [4.78, 5) is 0. The van der Waals surface area contributed by atoms with Crippen molar-refractivity contribution in [2.24, 2.45) is 0 Å². The van der Waals surface area contributed by atoms with Gasteiger partial charge in [0, 0.05) is 0 Å². The van der Waals surface area contributed by atoms with Gasteiger partial charge in [0.05, 0.1) is 0 Å². The zero-order valence-corrected chi connectivity index (χ0v) is 10.6. The van der Waals surface area contributed by atoms with Crippen LogP contribution in [-0.2, 0) is 0 Å². The smallest absolute Gasteiger partial charge is 0.0270 e. The van der Waals surface area contributed by atoms with Crippen molar-refractivity contribution in [3.8, 4) is 0 Å². The van der Waals surface area contributed by atoms with Gasteiger partial charge in [-0.15, -0.1) is 0 Å². The van der Waals surface area contributed by atoms with E-state index in [2.05, 4.69) is 76.3 Å². The molecule has 0 aromatic rings. The van der Waals surface area contributed by atoms with Crippen LogP contribution < -0.4 is 0 Å². The van der Waals surface area contributed by atoms with Crippen molar-refractivity contribution >= 4 is 0 Å². The molecule has 0 unspecified atom stereocenters. The van der Waals surface area contributed by atoms with Crippen molar-refractivity contribution in [1.82, 2.24) is 0 Å². The van der Waals surface area contributed by atoms with Crippen molar-refractivity contribution in [2.75, 3.05) is 0 Å². The summed E-state index contributed by atoms with van der Waals surface area (Å²) in [6.07, 6.45) is 16.7. The van der Waals surface area contributed by atoms with E-state index < -0.39 is 0 Å². The van der Waals surface area contributed by atoms with Crippen LogP contribution in [0.25, 0.3) is 0 Å². The average Bonchev–Trinajstić information content (AvgIpc) is 2.93. The first-order valence-electron chi connectivity index (χ1n) is 5.65. The summed E-state index contributed by atoms with van der Waals surface area (Å²) in [5.74, 6) is 0. The maximum atomic E-state index is 2.12. The Morgan fingerprint density at radius 1 is 0.562 bits per heavy atom. The van der Waals surface area contributed by atoms with Gasteiger partial charge in [0.15, 0.2) is 0 Å². The van der Waals surface area contributed by atoms with Crippen molar-refractivity contribution in [3.63, 3.8) is 0 Å². The molecule has 0 aromatic carbocycles. The molecule has 0 aromatic heterocycles. The van der Waals surface area contributed by atoms with Crippen LogP contribution in [0.3, 0.4) is 0 Å². The fraction of sp³-hybridized carbons (Fsp3) is 0.250. The molecule has 0 atom stereocenters. The summed E-state index contributed by atoms with van der Waals surface area (Å²) in [5.41, 5.74) is 5.47. The molecule has 0 bridgehead atoms. The zero-order chi connectivity index (χ0) is 12.0. The highest BCUT2D eigenvalue weighted by Gasteiger charge is 1.91. The molecule has 16 heavy (non-hydrogen) atoms. The number of rotatable bonds is 0. The Labute approximate surface area is 99.1 Å². The summed E-state index contributed by atoms with van der Waals surface area (Å²) in [7, 11) is 0. The summed E-state index contributed by atoms with van der Waals surface area (Å²) in [6, 6.07) is 0. The lowest BCUT2D eigenvalue weighted by atomic mass is 10.2. The molecule has 0 heterocycles. The van der Waals surface area contributed by atoms with E-state index in [4.69, 9.17) is 0 Å². The Balaban J connectivity index is 0.000000160. The first kappa shape index (κ1) is 12.5. The van der Waals surface area contributed by atoms with Gasteiger partial charge in [-0.1, -0.05) is 59.8 Å². The summed E-state index contributed by atoms with van der Waals surface area (Å²) in [6.45, 7) is 8.48. The minimum absolute atomic E-state index is 1.35. The Morgan fingerprint density at radius 3 is 0.938 bits per heavy atom. The molecule has 2 rings (SSSR count). The van der Waals surface area contributed by atoms with Gasteiger partial charge in [0.1, 0.15) is 0 Å². The predicted octanol–water partition coefficient (Wildman–Crippen LogP) is 4.90. The normalized spacial score (nSPS) is 15.5. The van der Waals surface area contributed by atoms with E-state index in [1.807, 2.05) is 0 Å². The van der Waals surface area contributed by atoms with E-state index in [0.717, 1.165) is 0 Å². The van der Waals surface area contributed by atoms with Crippen LogP contribution in [0.15, 0.2) is 70.9 Å². The highest BCUT2D eigenvalue weighted by atomic mass is 14.0. The maximum absolute atomic E-state index is 2.12. The fourth-order valence-electron chi connectivity index (χ4n) is 1.41. The van der Waals surface area contributed by atoms with Crippen molar-refractivity contribution in [2.45, 2.75) is 27.7 Å². The molecular weight excluding hydrogens is 192 g/mol. The van der Waals surface area contributed by atoms with Crippen LogP contribution in [0.4, 0.5) is 0 Å². The van der Waals surface area contributed by atoms with Crippen molar-refractivity contribution in [3.05, 3.63) is 70.9 Å². The highest BCUT2D eigenvalue weighted by Crippen LogP contribution is 2.11. The molecule has 0 fully saturated rings. The van der Waals surface area contributed by atoms with Gasteiger partial charge >= 0.3 is 0 Å². The van der Waals surface area contributed by atoms with Gasteiger partial charge in [0.2, 0.25) is 0 Å². The molecule has 0 heteroatoms. The van der Waals surface area contributed by atoms with Crippen LogP contribution in [0.2, 0.25) is 0 Å². The molecular formula is C16H20. The molecule has 0 spiro atoms. The van der Waals surface area contributed by atoms with Gasteiger partial charge in [-0.25, -0.2) is 0 Å². The summed E-state index contributed by atoms with van der Waals surface area (Å²) >= 11 is 0. The Bertz CT molecular complexity index is 343. The first-order chi connectivity index (χ1) is 7.61. The van der Waals surface area contributed by atoms with E-state index in [1.165, 1.54) is 22.3 Å². The first-order valence-corrected chi connectivity index (χ1v) is 5.65. The van der Waals surface area contributed by atoms with Crippen LogP contribution in [0.1, 0.15) is 27.7 Å². The largest absolute Gasteiger partial charge is 0.0692 e. The van der Waals surface area contributed by atoms with Gasteiger partial charge < -0.3 is 0 Å². The van der Waals surface area contributed by atoms with Crippen LogP contribution in [-0.4, -0.2) is 0 Å². The lowest BCUT2D eigenvalue weighted by molar-refractivity contribution is 1.35. The third-order valence-corrected chi connectivity index (χ3v) is 2.48. The van der Waals surface area contributed by atoms with Crippen molar-refractivity contribution in [1.29, 1.82) is 0 Å². The van der Waals surface area contributed by atoms with Crippen LogP contribution in [0.5, 0.6) is 0 Å². The molecule has 84 valence electrons. The van der Waals surface area contributed by atoms with E-state index >= 15 is 0 Å². The Morgan fingerprint density at radius 2 is 0.812 bits per heavy atom. The Hall–Kier alpha value is -1.56. The molecule has 0 amide bonds. The molecule has 0 radical (unpaired) electrons. The fourth-order valence-corrected chi connectivity index (χ4v) is 1.41. The lowest BCUT2D eigenvalue weighted by Gasteiger charge is -1.90. The highest BCUT2D eigenvalue weighted by molar-refractivity contribution is 5.42. The van der Waals surface area contributed by atoms with E-state index in [-0.39, 0.29) is 0 Å². The molecule has 0 nitrogen and oxygen atoms in total. The second kappa shape index (κ2) is 6.12. The standard InChI is InChI=1S/2C8H10/c2*1-7(2)8-5-3-4-6-8/h2*3-6H,1-2H3. The second-order valence-electron chi connectivity index (χ2n) is 4.35. The third-order valence-electron chi connectivity index (χ3n) is 2.48. The molecule has 0 saturated carbocycles. The molecule has 0 N–H and O–H groups in total. The number of allylic oxidation sites excluding steroid dienone is 12. The van der Waals surface area contributed by atoms with Gasteiger partial charge in [0.25, 0.3) is 0 Å². The molecule has 2 aliphatic carbocycles. The van der Waals surface area contributed by atoms with Gasteiger partial charge in [-0.2, -0.15) is 0 Å². The van der Waals surface area contributed by atoms with Gasteiger partial charge in [-0.3, -0.25) is 0 Å². The predicted molar refractivity (Wildman–Crippen MR) is 73.3 cm³/mol.